The second-order valence-corrected chi connectivity index (χ2v) is 7.80. The molecule has 0 atom stereocenters. The normalized spacial score (nSPS) is 15.4. The predicted octanol–water partition coefficient (Wildman–Crippen LogP) is 3.61. The summed E-state index contributed by atoms with van der Waals surface area (Å²) in [6.07, 6.45) is -1.02. The number of hydrogen-bond acceptors (Lipinski definition) is 5. The van der Waals surface area contributed by atoms with Gasteiger partial charge in [-0.15, -0.1) is 10.2 Å². The lowest BCUT2D eigenvalue weighted by atomic mass is 9.72. The van der Waals surface area contributed by atoms with Gasteiger partial charge in [-0.3, -0.25) is 0 Å². The van der Waals surface area contributed by atoms with Crippen LogP contribution in [0.1, 0.15) is 36.2 Å². The van der Waals surface area contributed by atoms with Crippen LogP contribution >= 0.6 is 0 Å². The van der Waals surface area contributed by atoms with Crippen LogP contribution in [0.3, 0.4) is 0 Å². The first kappa shape index (κ1) is 24.4. The van der Waals surface area contributed by atoms with Crippen LogP contribution in [-0.2, 0) is 23.2 Å². The number of aromatic nitrogens is 4. The maximum absolute atomic E-state index is 10.6. The largest absolute Gasteiger partial charge is 0.490 e. The summed E-state index contributed by atoms with van der Waals surface area (Å²) in [4.78, 5) is 10.7. The Balaban J connectivity index is 0.000000383. The molecule has 1 aliphatic heterocycles. The Kier molecular flexibility index (Phi) is 8.16. The zero-order valence-corrected chi connectivity index (χ0v) is 18.0. The number of benzene rings is 2. The molecular formula is C23H26F3N5O2. The summed E-state index contributed by atoms with van der Waals surface area (Å²) >= 11 is 0. The highest BCUT2D eigenvalue weighted by Gasteiger charge is 2.40. The molecule has 7 nitrogen and oxygen atoms in total. The number of tetrazole rings is 1. The van der Waals surface area contributed by atoms with Crippen molar-refractivity contribution in [1.29, 1.82) is 0 Å². The molecule has 0 spiro atoms. The van der Waals surface area contributed by atoms with Crippen molar-refractivity contribution >= 4 is 5.97 Å². The quantitative estimate of drug-likeness (QED) is 0.583. The molecule has 1 aliphatic rings. The second kappa shape index (κ2) is 11.0. The van der Waals surface area contributed by atoms with Crippen molar-refractivity contribution in [1.82, 2.24) is 25.5 Å². The van der Waals surface area contributed by atoms with Crippen LogP contribution in [0.4, 0.5) is 13.2 Å². The Bertz CT molecular complexity index is 1000. The number of nitrogens with zero attached hydrogens (tertiary/aromatic N) is 4. The highest BCUT2D eigenvalue weighted by Crippen LogP contribution is 2.37. The topological polar surface area (TPSA) is 92.9 Å². The molecule has 0 amide bonds. The number of aryl methyl sites for hydroxylation is 2. The Morgan fingerprint density at radius 2 is 1.61 bits per heavy atom. The van der Waals surface area contributed by atoms with Crippen LogP contribution in [0.2, 0.25) is 0 Å². The second-order valence-electron chi connectivity index (χ2n) is 7.80. The van der Waals surface area contributed by atoms with E-state index in [1.165, 1.54) is 11.1 Å². The number of halogens is 3. The first-order valence-electron chi connectivity index (χ1n) is 10.7. The maximum Gasteiger partial charge on any atom is 0.490 e. The van der Waals surface area contributed by atoms with E-state index in [0.717, 1.165) is 51.1 Å². The van der Waals surface area contributed by atoms with Gasteiger partial charge in [-0.05, 0) is 55.1 Å². The summed E-state index contributed by atoms with van der Waals surface area (Å²) in [7, 11) is 0. The molecule has 1 fully saturated rings. The van der Waals surface area contributed by atoms with Gasteiger partial charge in [0.05, 0.1) is 12.0 Å². The molecule has 176 valence electrons. The third-order valence-electron chi connectivity index (χ3n) is 5.57. The van der Waals surface area contributed by atoms with Gasteiger partial charge in [0.25, 0.3) is 0 Å². The Morgan fingerprint density at radius 3 is 2.18 bits per heavy atom. The molecule has 1 aromatic heterocycles. The lowest BCUT2D eigenvalue weighted by Crippen LogP contribution is -2.41. The minimum absolute atomic E-state index is 0.121. The molecule has 1 saturated heterocycles. The average molecular weight is 461 g/mol. The van der Waals surface area contributed by atoms with Crippen molar-refractivity contribution in [3.8, 4) is 0 Å². The van der Waals surface area contributed by atoms with Gasteiger partial charge in [-0.1, -0.05) is 60.7 Å². The number of rotatable bonds is 6. The molecule has 33 heavy (non-hydrogen) atoms. The van der Waals surface area contributed by atoms with Crippen molar-refractivity contribution in [3.63, 3.8) is 0 Å². The maximum atomic E-state index is 10.6. The molecule has 0 saturated carbocycles. The van der Waals surface area contributed by atoms with E-state index in [-0.39, 0.29) is 5.41 Å². The van der Waals surface area contributed by atoms with Gasteiger partial charge in [0.15, 0.2) is 5.82 Å². The summed E-state index contributed by atoms with van der Waals surface area (Å²) in [6, 6.07) is 21.2. The van der Waals surface area contributed by atoms with Crippen LogP contribution in [0, 0.1) is 0 Å². The zero-order valence-electron chi connectivity index (χ0n) is 18.0. The molecular weight excluding hydrogens is 435 g/mol. The van der Waals surface area contributed by atoms with Crippen LogP contribution in [-0.4, -0.2) is 50.5 Å². The van der Waals surface area contributed by atoms with E-state index in [2.05, 4.69) is 76.3 Å². The minimum atomic E-state index is -5.08. The third kappa shape index (κ3) is 6.61. The van der Waals surface area contributed by atoms with E-state index in [9.17, 15) is 13.2 Å². The number of aliphatic carboxylic acids is 1. The van der Waals surface area contributed by atoms with Crippen molar-refractivity contribution in [2.45, 2.75) is 43.8 Å². The summed E-state index contributed by atoms with van der Waals surface area (Å²) in [5, 5.41) is 24.2. The molecule has 2 heterocycles. The molecule has 0 unspecified atom stereocenters. The zero-order chi connectivity index (χ0) is 23.7. The van der Waals surface area contributed by atoms with Gasteiger partial charge in [-0.25, -0.2) is 4.79 Å². The summed E-state index contributed by atoms with van der Waals surface area (Å²) in [5.41, 5.74) is 2.53. The van der Waals surface area contributed by atoms with Crippen molar-refractivity contribution in [2.75, 3.05) is 13.1 Å². The number of piperidine rings is 1. The molecule has 3 aromatic rings. The number of nitrogens with one attached hydrogen (secondary N) is 1. The lowest BCUT2D eigenvalue weighted by molar-refractivity contribution is -0.192. The number of hydrogen-bond donors (Lipinski definition) is 2. The van der Waals surface area contributed by atoms with Gasteiger partial charge in [-0.2, -0.15) is 18.0 Å². The lowest BCUT2D eigenvalue weighted by Gasteiger charge is -2.35. The van der Waals surface area contributed by atoms with E-state index < -0.39 is 12.1 Å². The fraction of sp³-hybridized carbons (Fsp3) is 0.391. The molecule has 2 N–H and O–H groups in total. The Morgan fingerprint density at radius 1 is 1.03 bits per heavy atom. The van der Waals surface area contributed by atoms with E-state index >= 15 is 0 Å². The molecule has 0 aliphatic carbocycles. The van der Waals surface area contributed by atoms with E-state index in [1.807, 2.05) is 0 Å². The fourth-order valence-corrected chi connectivity index (χ4v) is 3.85. The SMILES string of the molecule is O=C(O)C(F)(F)F.c1ccc(CCCn2nnc(C3(c4ccccc4)CCNCC3)n2)cc1. The van der Waals surface area contributed by atoms with Gasteiger partial charge < -0.3 is 10.4 Å². The molecule has 4 rings (SSSR count). The van der Waals surface area contributed by atoms with Crippen molar-refractivity contribution in [3.05, 3.63) is 77.6 Å². The highest BCUT2D eigenvalue weighted by atomic mass is 19.4. The number of alkyl halides is 3. The number of carbonyl (C=O) groups is 1. The van der Waals surface area contributed by atoms with Crippen LogP contribution in [0.15, 0.2) is 60.7 Å². The van der Waals surface area contributed by atoms with Crippen LogP contribution in [0.25, 0.3) is 0 Å². The highest BCUT2D eigenvalue weighted by molar-refractivity contribution is 5.73. The first-order valence-corrected chi connectivity index (χ1v) is 10.7. The van der Waals surface area contributed by atoms with Gasteiger partial charge in [0.1, 0.15) is 0 Å². The average Bonchev–Trinajstić information content (AvgIpc) is 3.30. The smallest absolute Gasteiger partial charge is 0.475 e. The number of carboxylic acids is 1. The van der Waals surface area contributed by atoms with E-state index in [4.69, 9.17) is 15.0 Å². The first-order chi connectivity index (χ1) is 15.8. The molecule has 0 radical (unpaired) electrons. The van der Waals surface area contributed by atoms with Gasteiger partial charge in [0.2, 0.25) is 0 Å². The third-order valence-corrected chi connectivity index (χ3v) is 5.57. The summed E-state index contributed by atoms with van der Waals surface area (Å²) < 4.78 is 31.7. The van der Waals surface area contributed by atoms with Crippen molar-refractivity contribution < 1.29 is 23.1 Å². The van der Waals surface area contributed by atoms with Crippen molar-refractivity contribution in [2.24, 2.45) is 0 Å². The Hall–Kier alpha value is -3.27. The molecule has 2 aromatic carbocycles. The van der Waals surface area contributed by atoms with E-state index in [0.29, 0.717) is 0 Å². The Labute approximate surface area is 189 Å². The van der Waals surface area contributed by atoms with Gasteiger partial charge >= 0.3 is 12.1 Å². The van der Waals surface area contributed by atoms with Crippen LogP contribution in [0.5, 0.6) is 0 Å². The predicted molar refractivity (Wildman–Crippen MR) is 116 cm³/mol. The van der Waals surface area contributed by atoms with Gasteiger partial charge in [0, 0.05) is 0 Å². The van der Waals surface area contributed by atoms with E-state index in [1.54, 1.807) is 4.80 Å². The number of carboxylic acid groups (broad SMARTS) is 1. The minimum Gasteiger partial charge on any atom is -0.475 e. The standard InChI is InChI=1S/C21H25N5.C2HF3O2/c1-3-8-18(9-4-1)10-7-17-26-24-20(23-25-26)21(13-15-22-16-14-21)19-11-5-2-6-12-19;3-2(4,5)1(6)7/h1-6,8-9,11-12,22H,7,10,13-17H2;(H,6,7). The monoisotopic (exact) mass is 461 g/mol. The summed E-state index contributed by atoms with van der Waals surface area (Å²) in [5.74, 6) is -1.89. The molecule has 0 bridgehead atoms. The fourth-order valence-electron chi connectivity index (χ4n) is 3.85. The molecule has 10 heteroatoms. The van der Waals surface area contributed by atoms with Crippen LogP contribution < -0.4 is 5.32 Å². The summed E-state index contributed by atoms with van der Waals surface area (Å²) in [6.45, 7) is 2.76.